The first kappa shape index (κ1) is 24.2. The Balaban J connectivity index is 2.30. The van der Waals surface area contributed by atoms with Crippen molar-refractivity contribution in [1.82, 2.24) is 4.98 Å². The summed E-state index contributed by atoms with van der Waals surface area (Å²) in [7, 11) is 0. The molecule has 1 aromatic carbocycles. The van der Waals surface area contributed by atoms with Crippen LogP contribution in [0.5, 0.6) is 0 Å². The van der Waals surface area contributed by atoms with Crippen LogP contribution in [0.15, 0.2) is 21.3 Å². The first-order valence-electron chi connectivity index (χ1n) is 10.1. The van der Waals surface area contributed by atoms with Gasteiger partial charge in [0.05, 0.1) is 10.9 Å². The number of rotatable bonds is 6. The molecule has 0 spiro atoms. The fraction of sp³-hybridized carbons (Fsp3) is 0.545. The number of hydrogen-bond acceptors (Lipinski definition) is 9. The first-order chi connectivity index (χ1) is 14.1. The molecule has 9 heteroatoms. The van der Waals surface area contributed by atoms with E-state index in [2.05, 4.69) is 10.3 Å². The number of aryl methyl sites for hydroxylation is 1. The van der Waals surface area contributed by atoms with Crippen molar-refractivity contribution in [2.75, 3.05) is 11.1 Å². The van der Waals surface area contributed by atoms with Gasteiger partial charge in [0.1, 0.15) is 17.2 Å². The van der Waals surface area contributed by atoms with E-state index >= 15 is 0 Å². The number of carbonyl (C=O) groups is 2. The van der Waals surface area contributed by atoms with Crippen molar-refractivity contribution in [3.05, 3.63) is 28.1 Å². The fourth-order valence-electron chi connectivity index (χ4n) is 2.91. The summed E-state index contributed by atoms with van der Waals surface area (Å²) in [6.07, 6.45) is 0.0151. The van der Waals surface area contributed by atoms with Gasteiger partial charge < -0.3 is 24.9 Å². The molecule has 170 valence electrons. The Bertz CT molecular complexity index is 1030. The Morgan fingerprint density at radius 3 is 2.32 bits per heavy atom. The van der Waals surface area contributed by atoms with Gasteiger partial charge in [-0.05, 0) is 72.6 Å². The zero-order valence-electron chi connectivity index (χ0n) is 19.1. The van der Waals surface area contributed by atoms with Crippen molar-refractivity contribution in [3.63, 3.8) is 0 Å². The molecule has 0 bridgehead atoms. The maximum absolute atomic E-state index is 12.7. The number of fused-ring (bicyclic) bond motifs is 1. The summed E-state index contributed by atoms with van der Waals surface area (Å²) in [6, 6.07) is 2.05. The predicted molar refractivity (Wildman–Crippen MR) is 118 cm³/mol. The molecule has 0 amide bonds. The van der Waals surface area contributed by atoms with Gasteiger partial charge in [-0.15, -0.1) is 0 Å². The molecule has 0 aliphatic rings. The topological polar surface area (TPSA) is 134 Å². The molecule has 0 aliphatic heterocycles. The molecular weight excluding hydrogens is 402 g/mol. The minimum absolute atomic E-state index is 0.0436. The van der Waals surface area contributed by atoms with E-state index < -0.39 is 34.8 Å². The third-order valence-electron chi connectivity index (χ3n) is 4.00. The summed E-state index contributed by atoms with van der Waals surface area (Å²) in [4.78, 5) is 41.6. The quantitative estimate of drug-likeness (QED) is 0.519. The normalized spacial score (nSPS) is 13.0. The molecule has 1 atom stereocenters. The Kier molecular flexibility index (Phi) is 6.98. The van der Waals surface area contributed by atoms with Gasteiger partial charge in [0, 0.05) is 12.1 Å². The lowest BCUT2D eigenvalue weighted by molar-refractivity contribution is -0.157. The molecule has 0 aliphatic carbocycles. The number of benzene rings is 1. The van der Waals surface area contributed by atoms with E-state index in [9.17, 15) is 14.4 Å². The average molecular weight is 434 g/mol. The van der Waals surface area contributed by atoms with Crippen LogP contribution in [0.2, 0.25) is 0 Å². The van der Waals surface area contributed by atoms with Gasteiger partial charge in [0.25, 0.3) is 6.01 Å². The summed E-state index contributed by atoms with van der Waals surface area (Å²) in [5.41, 5.74) is 5.28. The predicted octanol–water partition coefficient (Wildman–Crippen LogP) is 3.32. The van der Waals surface area contributed by atoms with Gasteiger partial charge in [-0.2, -0.15) is 4.98 Å². The molecule has 1 unspecified atom stereocenters. The van der Waals surface area contributed by atoms with Crippen LogP contribution in [-0.4, -0.2) is 34.2 Å². The minimum atomic E-state index is -0.984. The van der Waals surface area contributed by atoms with Crippen molar-refractivity contribution in [3.8, 4) is 0 Å². The zero-order valence-corrected chi connectivity index (χ0v) is 19.1. The number of hydrogen-bond donors (Lipinski definition) is 2. The largest absolute Gasteiger partial charge is 0.460 e. The monoisotopic (exact) mass is 433 g/mol. The van der Waals surface area contributed by atoms with E-state index in [1.165, 1.54) is 0 Å². The van der Waals surface area contributed by atoms with Gasteiger partial charge in [-0.3, -0.25) is 4.79 Å². The molecule has 2 aromatic rings. The second-order valence-corrected chi connectivity index (χ2v) is 9.39. The maximum atomic E-state index is 12.7. The van der Waals surface area contributed by atoms with Crippen molar-refractivity contribution >= 4 is 34.5 Å². The van der Waals surface area contributed by atoms with Crippen molar-refractivity contribution in [1.29, 1.82) is 0 Å². The van der Waals surface area contributed by atoms with Crippen LogP contribution >= 0.6 is 0 Å². The lowest BCUT2D eigenvalue weighted by Gasteiger charge is -2.25. The maximum Gasteiger partial charge on any atom is 0.348 e. The highest BCUT2D eigenvalue weighted by atomic mass is 16.6. The molecule has 31 heavy (non-hydrogen) atoms. The van der Waals surface area contributed by atoms with Crippen LogP contribution in [0, 0.1) is 6.92 Å². The number of nitrogens with zero attached hydrogens (tertiary/aromatic N) is 1. The molecule has 1 heterocycles. The average Bonchev–Trinajstić information content (AvgIpc) is 2.54. The van der Waals surface area contributed by atoms with Gasteiger partial charge in [-0.1, -0.05) is 0 Å². The van der Waals surface area contributed by atoms with Crippen LogP contribution in [-0.2, 0) is 19.1 Å². The van der Waals surface area contributed by atoms with E-state index in [1.807, 2.05) is 0 Å². The van der Waals surface area contributed by atoms with Gasteiger partial charge in [-0.25, -0.2) is 9.59 Å². The highest BCUT2D eigenvalue weighted by Gasteiger charge is 2.28. The third-order valence-corrected chi connectivity index (χ3v) is 4.00. The second-order valence-electron chi connectivity index (χ2n) is 9.39. The second kappa shape index (κ2) is 8.95. The number of nitrogens with one attached hydrogen (secondary N) is 1. The Morgan fingerprint density at radius 2 is 1.74 bits per heavy atom. The van der Waals surface area contributed by atoms with Crippen LogP contribution in [0.1, 0.15) is 59.9 Å². The number of nitrogens with two attached hydrogens (primary N) is 1. The SMILES string of the molecule is Cc1cc(N)cc2nc(NC(CCC(=O)OC(C)(C)C)C(=O)OC(C)(C)C)oc(=O)c12. The van der Waals surface area contributed by atoms with Gasteiger partial charge in [0.15, 0.2) is 0 Å². The van der Waals surface area contributed by atoms with Crippen LogP contribution in [0.4, 0.5) is 11.7 Å². The highest BCUT2D eigenvalue weighted by molar-refractivity contribution is 5.85. The molecule has 0 saturated heterocycles. The molecule has 1 aromatic heterocycles. The zero-order chi connectivity index (χ0) is 23.6. The summed E-state index contributed by atoms with van der Waals surface area (Å²) in [5, 5.41) is 3.10. The first-order valence-corrected chi connectivity index (χ1v) is 10.1. The van der Waals surface area contributed by atoms with Crippen LogP contribution in [0.25, 0.3) is 10.9 Å². The standard InChI is InChI=1S/C22H31N3O6/c1-12-10-13(23)11-15-17(12)19(28)29-20(25-15)24-14(18(27)31-22(5,6)7)8-9-16(26)30-21(2,3)4/h10-11,14H,8-9,23H2,1-7H3,(H,24,25). The van der Waals surface area contributed by atoms with E-state index in [4.69, 9.17) is 19.6 Å². The number of nitrogen functional groups attached to an aromatic ring is 1. The Morgan fingerprint density at radius 1 is 1.13 bits per heavy atom. The number of carbonyl (C=O) groups excluding carboxylic acids is 2. The number of ether oxygens (including phenoxy) is 2. The molecule has 0 radical (unpaired) electrons. The van der Waals surface area contributed by atoms with Crippen molar-refractivity contribution in [2.24, 2.45) is 0 Å². The lowest BCUT2D eigenvalue weighted by Crippen LogP contribution is -2.37. The molecule has 2 rings (SSSR count). The number of aromatic nitrogens is 1. The fourth-order valence-corrected chi connectivity index (χ4v) is 2.91. The molecule has 0 saturated carbocycles. The van der Waals surface area contributed by atoms with Crippen LogP contribution in [0.3, 0.4) is 0 Å². The summed E-state index contributed by atoms with van der Waals surface area (Å²) in [5.74, 6) is -1.07. The van der Waals surface area contributed by atoms with E-state index in [-0.39, 0.29) is 18.9 Å². The summed E-state index contributed by atoms with van der Waals surface area (Å²) in [6.45, 7) is 12.2. The molecule has 9 nitrogen and oxygen atoms in total. The summed E-state index contributed by atoms with van der Waals surface area (Å²) >= 11 is 0. The minimum Gasteiger partial charge on any atom is -0.460 e. The smallest absolute Gasteiger partial charge is 0.348 e. The Labute approximate surface area is 181 Å². The highest BCUT2D eigenvalue weighted by Crippen LogP contribution is 2.21. The summed E-state index contributed by atoms with van der Waals surface area (Å²) < 4.78 is 16.0. The van der Waals surface area contributed by atoms with E-state index in [0.717, 1.165) is 0 Å². The number of anilines is 2. The van der Waals surface area contributed by atoms with E-state index in [1.54, 1.807) is 60.6 Å². The van der Waals surface area contributed by atoms with Crippen LogP contribution < -0.4 is 16.7 Å². The van der Waals surface area contributed by atoms with Gasteiger partial charge in [0.2, 0.25) is 0 Å². The van der Waals surface area contributed by atoms with Gasteiger partial charge >= 0.3 is 17.6 Å². The Hall–Kier alpha value is -3.10. The molecular formula is C22H31N3O6. The number of esters is 2. The molecule has 3 N–H and O–H groups in total. The van der Waals surface area contributed by atoms with Crippen molar-refractivity contribution in [2.45, 2.75) is 78.6 Å². The molecule has 0 fully saturated rings. The van der Waals surface area contributed by atoms with E-state index in [0.29, 0.717) is 22.2 Å². The lowest BCUT2D eigenvalue weighted by atomic mass is 10.1. The van der Waals surface area contributed by atoms with Crippen molar-refractivity contribution < 1.29 is 23.5 Å². The third kappa shape index (κ3) is 7.27.